The Morgan fingerprint density at radius 2 is 1.73 bits per heavy atom. The van der Waals surface area contributed by atoms with E-state index in [2.05, 4.69) is 25.8 Å². The maximum Gasteiger partial charge on any atom is 0.251 e. The average Bonchev–Trinajstić information content (AvgIpc) is 3.82. The van der Waals surface area contributed by atoms with Crippen molar-refractivity contribution in [1.82, 2.24) is 25.5 Å². The Kier molecular flexibility index (Phi) is 12.8. The van der Waals surface area contributed by atoms with Crippen molar-refractivity contribution in [1.29, 1.82) is 0 Å². The number of carbonyl (C=O) groups is 5. The molecule has 16 nitrogen and oxygen atoms in total. The van der Waals surface area contributed by atoms with Gasteiger partial charge in [0, 0.05) is 69.3 Å². The Labute approximate surface area is 366 Å². The number of likely N-dealkylation sites (N-methyl/N-ethyl adjacent to an activating group) is 1. The summed E-state index contributed by atoms with van der Waals surface area (Å²) in [5, 5.41) is 18.9. The zero-order chi connectivity index (χ0) is 44.4. The highest BCUT2D eigenvalue weighted by atomic mass is 19.1. The van der Waals surface area contributed by atoms with Crippen molar-refractivity contribution in [2.75, 3.05) is 67.0 Å². The molecule has 0 spiro atoms. The molecule has 4 aliphatic heterocycles. The van der Waals surface area contributed by atoms with E-state index in [0.717, 1.165) is 31.5 Å². The number of aliphatic hydroxyl groups excluding tert-OH is 1. The molecule has 5 amide bonds. The van der Waals surface area contributed by atoms with E-state index in [1.165, 1.54) is 13.2 Å². The summed E-state index contributed by atoms with van der Waals surface area (Å²) in [5.41, 5.74) is 1.84. The SMILES string of the molecule is CC[C@@H]1C(=O)N(C)c2cnc(Nc3ccc(C(=O)NC4(CCO)CCN(C(=O)C5CCN(c6ccc(C7CCC(=O)NC7=O)cc6F)CC5)CC4)cc3OC)nc2N1C1CCCC1. The minimum atomic E-state index is -0.722. The van der Waals surface area contributed by atoms with Gasteiger partial charge in [0.25, 0.3) is 5.91 Å². The number of imide groups is 1. The second-order valence-electron chi connectivity index (χ2n) is 17.6. The van der Waals surface area contributed by atoms with Crippen LogP contribution in [-0.2, 0) is 19.2 Å². The number of ether oxygens (including phenoxy) is 1. The third-order valence-electron chi connectivity index (χ3n) is 13.9. The monoisotopic (exact) mass is 867 g/mol. The quantitative estimate of drug-likeness (QED) is 0.183. The van der Waals surface area contributed by atoms with Gasteiger partial charge >= 0.3 is 0 Å². The van der Waals surface area contributed by atoms with E-state index >= 15 is 4.39 Å². The Bertz CT molecular complexity index is 2240. The molecule has 5 heterocycles. The normalized spacial score (nSPS) is 21.9. The van der Waals surface area contributed by atoms with Crippen molar-refractivity contribution in [3.63, 3.8) is 0 Å². The highest BCUT2D eigenvalue weighted by molar-refractivity contribution is 6.04. The molecule has 0 bridgehead atoms. The average molecular weight is 868 g/mol. The Hall–Kier alpha value is -5.84. The topological polar surface area (TPSA) is 190 Å². The van der Waals surface area contributed by atoms with E-state index in [4.69, 9.17) is 9.72 Å². The summed E-state index contributed by atoms with van der Waals surface area (Å²) in [5.74, 6) is -0.716. The van der Waals surface area contributed by atoms with Gasteiger partial charge < -0.3 is 40.1 Å². The van der Waals surface area contributed by atoms with E-state index < -0.39 is 23.2 Å². The maximum atomic E-state index is 15.4. The molecule has 1 aromatic heterocycles. The molecular weight excluding hydrogens is 810 g/mol. The van der Waals surface area contributed by atoms with Gasteiger partial charge in [0.15, 0.2) is 5.82 Å². The number of aromatic nitrogens is 2. The van der Waals surface area contributed by atoms with Crippen LogP contribution in [0.15, 0.2) is 42.6 Å². The Balaban J connectivity index is 0.874. The molecule has 0 radical (unpaired) electrons. The Morgan fingerprint density at radius 1 is 0.984 bits per heavy atom. The number of piperidine rings is 3. The molecule has 17 heteroatoms. The fourth-order valence-electron chi connectivity index (χ4n) is 10.3. The number of nitrogens with one attached hydrogen (secondary N) is 3. The smallest absolute Gasteiger partial charge is 0.251 e. The van der Waals surface area contributed by atoms with Crippen LogP contribution in [0.3, 0.4) is 0 Å². The maximum absolute atomic E-state index is 15.4. The van der Waals surface area contributed by atoms with Crippen LogP contribution in [0.1, 0.15) is 106 Å². The van der Waals surface area contributed by atoms with Gasteiger partial charge in [-0.05, 0) is 93.7 Å². The first-order valence-electron chi connectivity index (χ1n) is 22.4. The lowest BCUT2D eigenvalue weighted by Gasteiger charge is -2.44. The second-order valence-corrected chi connectivity index (χ2v) is 17.6. The fraction of sp³-hybridized carbons (Fsp3) is 0.543. The highest BCUT2D eigenvalue weighted by Gasteiger charge is 2.42. The summed E-state index contributed by atoms with van der Waals surface area (Å²) < 4.78 is 21.1. The van der Waals surface area contributed by atoms with Crippen LogP contribution in [0, 0.1) is 11.7 Å². The molecule has 2 aromatic carbocycles. The second kappa shape index (κ2) is 18.5. The van der Waals surface area contributed by atoms with Crippen LogP contribution >= 0.6 is 0 Å². The summed E-state index contributed by atoms with van der Waals surface area (Å²) in [4.78, 5) is 81.9. The first-order valence-corrected chi connectivity index (χ1v) is 22.4. The minimum Gasteiger partial charge on any atom is -0.495 e. The number of likely N-dealkylation sites (tertiary alicyclic amines) is 1. The van der Waals surface area contributed by atoms with Gasteiger partial charge in [-0.2, -0.15) is 4.98 Å². The molecular formula is C46H58FN9O7. The molecule has 8 rings (SSSR count). The molecule has 2 atom stereocenters. The fourth-order valence-corrected chi connectivity index (χ4v) is 10.3. The molecule has 3 saturated heterocycles. The molecule has 3 aromatic rings. The molecule has 1 saturated carbocycles. The number of rotatable bonds is 12. The van der Waals surface area contributed by atoms with Gasteiger partial charge in [-0.25, -0.2) is 9.37 Å². The van der Waals surface area contributed by atoms with E-state index in [1.54, 1.807) is 48.5 Å². The lowest BCUT2D eigenvalue weighted by molar-refractivity contribution is -0.138. The predicted octanol–water partition coefficient (Wildman–Crippen LogP) is 4.78. The number of anilines is 5. The minimum absolute atomic E-state index is 0.0409. The number of benzene rings is 2. The van der Waals surface area contributed by atoms with Gasteiger partial charge in [0.2, 0.25) is 29.6 Å². The standard InChI is InChI=1S/C46H58FN9O7/c1-4-35-44(62)53(2)37-27-48-45(51-40(37)56(35)31-7-5-6-8-31)49-34-12-9-30(26-38(34)63-3)41(59)52-46(19-24-57)17-22-55(23-18-46)43(61)28-15-20-54(21-16-28)36-13-10-29(25-33(36)47)32-11-14-39(58)50-42(32)60/h9-10,12-13,25-28,31-32,35,57H,4-8,11,14-24H2,1-3H3,(H,52,59)(H,48,49,51)(H,50,58,60)/t32?,35-/m1/s1. The van der Waals surface area contributed by atoms with Crippen molar-refractivity contribution in [2.24, 2.45) is 5.92 Å². The number of amides is 5. The van der Waals surface area contributed by atoms with Crippen LogP contribution < -0.4 is 35.4 Å². The summed E-state index contributed by atoms with van der Waals surface area (Å²) in [6.45, 7) is 3.73. The van der Waals surface area contributed by atoms with E-state index in [9.17, 15) is 29.1 Å². The van der Waals surface area contributed by atoms with Gasteiger partial charge in [0.1, 0.15) is 23.3 Å². The van der Waals surface area contributed by atoms with Crippen LogP contribution in [0.4, 0.5) is 33.2 Å². The van der Waals surface area contributed by atoms with Crippen molar-refractivity contribution >= 4 is 58.4 Å². The highest BCUT2D eigenvalue weighted by Crippen LogP contribution is 2.41. The number of hydrogen-bond donors (Lipinski definition) is 4. The van der Waals surface area contributed by atoms with Crippen molar-refractivity contribution < 1.29 is 38.2 Å². The van der Waals surface area contributed by atoms with Gasteiger partial charge in [0.05, 0.1) is 30.6 Å². The number of hydrogen-bond acceptors (Lipinski definition) is 12. The van der Waals surface area contributed by atoms with Crippen LogP contribution in [0.25, 0.3) is 0 Å². The molecule has 1 unspecified atom stereocenters. The summed E-state index contributed by atoms with van der Waals surface area (Å²) in [6.07, 6.45) is 9.54. The predicted molar refractivity (Wildman–Crippen MR) is 235 cm³/mol. The lowest BCUT2D eigenvalue weighted by atomic mass is 9.83. The number of aliphatic hydroxyl groups is 1. The van der Waals surface area contributed by atoms with Gasteiger partial charge in [-0.1, -0.05) is 25.8 Å². The largest absolute Gasteiger partial charge is 0.495 e. The van der Waals surface area contributed by atoms with Gasteiger partial charge in [-0.3, -0.25) is 29.3 Å². The van der Waals surface area contributed by atoms with E-state index in [-0.39, 0.29) is 54.7 Å². The van der Waals surface area contributed by atoms with Crippen molar-refractivity contribution in [3.8, 4) is 5.75 Å². The molecule has 1 aliphatic carbocycles. The first kappa shape index (κ1) is 43.8. The zero-order valence-electron chi connectivity index (χ0n) is 36.3. The van der Waals surface area contributed by atoms with Crippen molar-refractivity contribution in [2.45, 2.75) is 108 Å². The number of fused-ring (bicyclic) bond motifs is 1. The number of methoxy groups -OCH3 is 1. The number of nitrogens with zero attached hydrogens (tertiary/aromatic N) is 6. The summed E-state index contributed by atoms with van der Waals surface area (Å²) in [7, 11) is 3.29. The van der Waals surface area contributed by atoms with Gasteiger partial charge in [-0.15, -0.1) is 0 Å². The third-order valence-corrected chi connectivity index (χ3v) is 13.9. The molecule has 63 heavy (non-hydrogen) atoms. The molecule has 336 valence electrons. The zero-order valence-corrected chi connectivity index (χ0v) is 36.3. The summed E-state index contributed by atoms with van der Waals surface area (Å²) in [6, 6.07) is 9.81. The molecule has 5 aliphatic rings. The first-order chi connectivity index (χ1) is 30.4. The van der Waals surface area contributed by atoms with Crippen LogP contribution in [-0.4, -0.2) is 114 Å². The third kappa shape index (κ3) is 8.89. The van der Waals surface area contributed by atoms with E-state index in [0.29, 0.717) is 111 Å². The molecule has 4 fully saturated rings. The molecule has 4 N–H and O–H groups in total. The van der Waals surface area contributed by atoms with E-state index in [1.807, 2.05) is 16.7 Å². The summed E-state index contributed by atoms with van der Waals surface area (Å²) >= 11 is 0. The van der Waals surface area contributed by atoms with Crippen LogP contribution in [0.5, 0.6) is 5.75 Å². The lowest BCUT2D eigenvalue weighted by Crippen LogP contribution is -2.57. The number of halogens is 1. The van der Waals surface area contributed by atoms with Crippen molar-refractivity contribution in [3.05, 3.63) is 59.5 Å². The Morgan fingerprint density at radius 3 is 2.40 bits per heavy atom. The number of carbonyl (C=O) groups excluding carboxylic acids is 5. The van der Waals surface area contributed by atoms with Crippen LogP contribution in [0.2, 0.25) is 0 Å².